The third kappa shape index (κ3) is 10.8. The fourth-order valence-electron chi connectivity index (χ4n) is 3.24. The molecular weight excluding hydrogens is 330 g/mol. The van der Waals surface area contributed by atoms with Gasteiger partial charge in [-0.2, -0.15) is 0 Å². The van der Waals surface area contributed by atoms with E-state index in [-0.39, 0.29) is 12.7 Å². The Kier molecular flexibility index (Phi) is 13.6. The van der Waals surface area contributed by atoms with Gasteiger partial charge in [-0.25, -0.2) is 0 Å². The minimum Gasteiger partial charge on any atom is -0.396 e. The van der Waals surface area contributed by atoms with Crippen molar-refractivity contribution in [1.29, 1.82) is 0 Å². The average molecular weight is 374 g/mol. The monoisotopic (exact) mass is 373 g/mol. The van der Waals surface area contributed by atoms with Gasteiger partial charge in [0.2, 0.25) is 0 Å². The second-order valence-electron chi connectivity index (χ2n) is 8.20. The van der Waals surface area contributed by atoms with E-state index in [1.807, 2.05) is 7.05 Å². The van der Waals surface area contributed by atoms with Crippen LogP contribution in [0.15, 0.2) is 0 Å². The van der Waals surface area contributed by atoms with Crippen LogP contribution in [0.2, 0.25) is 0 Å². The average Bonchev–Trinajstić information content (AvgIpc) is 2.68. The zero-order chi connectivity index (χ0) is 19.2. The number of rotatable bonds is 9. The van der Waals surface area contributed by atoms with Crippen LogP contribution in [0, 0.1) is 17.8 Å². The first-order valence-electron chi connectivity index (χ1n) is 10.6. The molecule has 5 heteroatoms. The van der Waals surface area contributed by atoms with Gasteiger partial charge in [0.25, 0.3) is 0 Å². The van der Waals surface area contributed by atoms with Crippen LogP contribution >= 0.6 is 0 Å². The molecule has 2 heterocycles. The fraction of sp³-hybridized carbons (Fsp3) is 1.00. The van der Waals surface area contributed by atoms with E-state index in [1.54, 1.807) is 0 Å². The lowest BCUT2D eigenvalue weighted by molar-refractivity contribution is -0.0879. The molecule has 0 aromatic rings. The zero-order valence-electron chi connectivity index (χ0n) is 17.5. The largest absolute Gasteiger partial charge is 0.396 e. The van der Waals surface area contributed by atoms with Crippen molar-refractivity contribution in [3.63, 3.8) is 0 Å². The topological polar surface area (TPSA) is 60.0 Å². The lowest BCUT2D eigenvalue weighted by Crippen LogP contribution is -2.33. The Morgan fingerprint density at radius 1 is 1.00 bits per heavy atom. The first-order chi connectivity index (χ1) is 12.6. The first-order valence-corrected chi connectivity index (χ1v) is 10.6. The van der Waals surface area contributed by atoms with Gasteiger partial charge < -0.3 is 24.6 Å². The van der Waals surface area contributed by atoms with Gasteiger partial charge >= 0.3 is 0 Å². The van der Waals surface area contributed by atoms with E-state index in [0.29, 0.717) is 31.2 Å². The SMILES string of the molecule is CC(C)CCC1CCC(COCC2CCC(CO)CO2)CO1.CCNC. The van der Waals surface area contributed by atoms with Crippen molar-refractivity contribution in [1.82, 2.24) is 5.32 Å². The minimum atomic E-state index is 0.214. The molecule has 2 saturated heterocycles. The zero-order valence-corrected chi connectivity index (χ0v) is 17.5. The summed E-state index contributed by atoms with van der Waals surface area (Å²) in [6, 6.07) is 0. The van der Waals surface area contributed by atoms with Crippen LogP contribution in [0.1, 0.15) is 59.3 Å². The lowest BCUT2D eigenvalue weighted by atomic mass is 9.95. The van der Waals surface area contributed by atoms with Crippen molar-refractivity contribution in [2.75, 3.05) is 46.6 Å². The molecule has 2 N–H and O–H groups in total. The Labute approximate surface area is 161 Å². The quantitative estimate of drug-likeness (QED) is 0.650. The highest BCUT2D eigenvalue weighted by Crippen LogP contribution is 2.24. The maximum absolute atomic E-state index is 9.09. The second kappa shape index (κ2) is 14.8. The third-order valence-electron chi connectivity index (χ3n) is 5.26. The van der Waals surface area contributed by atoms with Crippen LogP contribution in [-0.2, 0) is 14.2 Å². The Morgan fingerprint density at radius 3 is 2.12 bits per heavy atom. The predicted molar refractivity (Wildman–Crippen MR) is 107 cm³/mol. The van der Waals surface area contributed by atoms with Crippen LogP contribution in [0.25, 0.3) is 0 Å². The van der Waals surface area contributed by atoms with E-state index in [2.05, 4.69) is 26.1 Å². The van der Waals surface area contributed by atoms with Crippen molar-refractivity contribution in [3.05, 3.63) is 0 Å². The molecule has 156 valence electrons. The van der Waals surface area contributed by atoms with E-state index in [4.69, 9.17) is 19.3 Å². The van der Waals surface area contributed by atoms with Crippen LogP contribution in [0.4, 0.5) is 0 Å². The second-order valence-corrected chi connectivity index (χ2v) is 8.20. The number of hydrogen-bond acceptors (Lipinski definition) is 5. The van der Waals surface area contributed by atoms with Crippen molar-refractivity contribution in [2.45, 2.75) is 71.5 Å². The van der Waals surface area contributed by atoms with Crippen molar-refractivity contribution in [3.8, 4) is 0 Å². The van der Waals surface area contributed by atoms with Crippen molar-refractivity contribution >= 4 is 0 Å². The molecule has 5 nitrogen and oxygen atoms in total. The third-order valence-corrected chi connectivity index (χ3v) is 5.26. The Morgan fingerprint density at radius 2 is 1.62 bits per heavy atom. The smallest absolute Gasteiger partial charge is 0.0808 e. The van der Waals surface area contributed by atoms with E-state index < -0.39 is 0 Å². The highest BCUT2D eigenvalue weighted by atomic mass is 16.5. The molecule has 2 aliphatic heterocycles. The van der Waals surface area contributed by atoms with E-state index in [0.717, 1.165) is 38.5 Å². The summed E-state index contributed by atoms with van der Waals surface area (Å²) >= 11 is 0. The van der Waals surface area contributed by atoms with Crippen LogP contribution < -0.4 is 5.32 Å². The maximum Gasteiger partial charge on any atom is 0.0808 e. The van der Waals surface area contributed by atoms with E-state index in [1.165, 1.54) is 25.7 Å². The molecule has 26 heavy (non-hydrogen) atoms. The number of ether oxygens (including phenoxy) is 3. The van der Waals surface area contributed by atoms with Gasteiger partial charge in [-0.05, 0) is 58.0 Å². The molecule has 4 atom stereocenters. The lowest BCUT2D eigenvalue weighted by Gasteiger charge is -2.31. The molecular formula is C21H43NO4. The van der Waals surface area contributed by atoms with Gasteiger partial charge in [0.15, 0.2) is 0 Å². The highest BCUT2D eigenvalue weighted by molar-refractivity contribution is 4.72. The Bertz CT molecular complexity index is 309. The van der Waals surface area contributed by atoms with Gasteiger partial charge in [-0.3, -0.25) is 0 Å². The summed E-state index contributed by atoms with van der Waals surface area (Å²) in [7, 11) is 1.93. The summed E-state index contributed by atoms with van der Waals surface area (Å²) in [6.07, 6.45) is 7.60. The van der Waals surface area contributed by atoms with Crippen molar-refractivity contribution < 1.29 is 19.3 Å². The molecule has 0 bridgehead atoms. The minimum absolute atomic E-state index is 0.214. The van der Waals surface area contributed by atoms with Gasteiger partial charge in [0, 0.05) is 18.4 Å². The number of nitrogens with one attached hydrogen (secondary N) is 1. The van der Waals surface area contributed by atoms with Gasteiger partial charge in [-0.1, -0.05) is 20.8 Å². The molecule has 2 rings (SSSR count). The predicted octanol–water partition coefficient (Wildman–Crippen LogP) is 3.25. The van der Waals surface area contributed by atoms with Gasteiger partial charge in [0.1, 0.15) is 0 Å². The highest BCUT2D eigenvalue weighted by Gasteiger charge is 2.24. The summed E-state index contributed by atoms with van der Waals surface area (Å²) in [6.45, 7) is 10.9. The number of hydrogen-bond donors (Lipinski definition) is 2. The molecule has 0 aromatic heterocycles. The van der Waals surface area contributed by atoms with Crippen LogP contribution in [-0.4, -0.2) is 63.9 Å². The van der Waals surface area contributed by atoms with Crippen molar-refractivity contribution in [2.24, 2.45) is 17.8 Å². The molecule has 2 aliphatic rings. The molecule has 0 aromatic carbocycles. The van der Waals surface area contributed by atoms with Crippen LogP contribution in [0.3, 0.4) is 0 Å². The number of aliphatic hydroxyl groups is 1. The molecule has 0 amide bonds. The first kappa shape index (κ1) is 23.8. The van der Waals surface area contributed by atoms with Gasteiger partial charge in [-0.15, -0.1) is 0 Å². The van der Waals surface area contributed by atoms with Crippen LogP contribution in [0.5, 0.6) is 0 Å². The molecule has 0 radical (unpaired) electrons. The maximum atomic E-state index is 9.09. The molecule has 4 unspecified atom stereocenters. The molecule has 0 spiro atoms. The van der Waals surface area contributed by atoms with Gasteiger partial charge in [0.05, 0.1) is 38.6 Å². The summed E-state index contributed by atoms with van der Waals surface area (Å²) in [5.74, 6) is 1.64. The summed E-state index contributed by atoms with van der Waals surface area (Å²) in [5, 5.41) is 12.0. The molecule has 2 fully saturated rings. The Hall–Kier alpha value is -0.200. The number of aliphatic hydroxyl groups excluding tert-OH is 1. The summed E-state index contributed by atoms with van der Waals surface area (Å²) in [4.78, 5) is 0. The Balaban J connectivity index is 0.000000765. The summed E-state index contributed by atoms with van der Waals surface area (Å²) in [5.41, 5.74) is 0. The molecule has 0 saturated carbocycles. The normalized spacial score (nSPS) is 29.3. The summed E-state index contributed by atoms with van der Waals surface area (Å²) < 4.78 is 17.5. The van der Waals surface area contributed by atoms with E-state index >= 15 is 0 Å². The standard InChI is InChI=1S/C18H34O4.C3H9N/c1-14(2)3-6-17-7-5-16(12-21-17)10-20-13-18-8-4-15(9-19)11-22-18;1-3-4-2/h14-19H,3-13H2,1-2H3;4H,3H2,1-2H3. The fourth-order valence-corrected chi connectivity index (χ4v) is 3.24. The van der Waals surface area contributed by atoms with E-state index in [9.17, 15) is 0 Å². The molecule has 0 aliphatic carbocycles.